The zero-order valence-corrected chi connectivity index (χ0v) is 23.2. The average molecular weight is 534 g/mol. The van der Waals surface area contributed by atoms with Gasteiger partial charge >= 0.3 is 0 Å². The van der Waals surface area contributed by atoms with Gasteiger partial charge in [0.05, 0.1) is 12.1 Å². The van der Waals surface area contributed by atoms with Crippen molar-refractivity contribution in [3.05, 3.63) is 57.7 Å². The van der Waals surface area contributed by atoms with Gasteiger partial charge < -0.3 is 20.3 Å². The molecule has 8 nitrogen and oxygen atoms in total. The van der Waals surface area contributed by atoms with E-state index in [0.29, 0.717) is 22.1 Å². The number of hydrogen-bond acceptors (Lipinski definition) is 7. The lowest BCUT2D eigenvalue weighted by atomic mass is 9.71. The lowest BCUT2D eigenvalue weighted by Gasteiger charge is -2.36. The highest BCUT2D eigenvalue weighted by atomic mass is 32.1. The minimum absolute atomic E-state index is 0.0931. The first-order chi connectivity index (χ1) is 18.1. The average Bonchev–Trinajstić information content (AvgIpc) is 3.28. The smallest absolute Gasteiger partial charge is 0.280 e. The highest BCUT2D eigenvalue weighted by Crippen LogP contribution is 2.38. The van der Waals surface area contributed by atoms with Crippen molar-refractivity contribution >= 4 is 39.8 Å². The molecule has 3 heterocycles. The number of likely N-dealkylation sites (tertiary alicyclic amines) is 1. The summed E-state index contributed by atoms with van der Waals surface area (Å²) in [5.74, 6) is 0.0847. The molecule has 1 fully saturated rings. The molecule has 2 aromatic heterocycles. The molecule has 1 aliphatic carbocycles. The van der Waals surface area contributed by atoms with Crippen LogP contribution < -0.4 is 10.6 Å². The second kappa shape index (κ2) is 10.5. The number of carbonyl (C=O) groups excluding carboxylic acids is 3. The van der Waals surface area contributed by atoms with Crippen LogP contribution >= 0.6 is 11.3 Å². The summed E-state index contributed by atoms with van der Waals surface area (Å²) in [6, 6.07) is 8.74. The van der Waals surface area contributed by atoms with Gasteiger partial charge in [0, 0.05) is 30.8 Å². The Kier molecular flexibility index (Phi) is 7.33. The van der Waals surface area contributed by atoms with Gasteiger partial charge in [0.2, 0.25) is 0 Å². The van der Waals surface area contributed by atoms with E-state index in [-0.39, 0.29) is 29.7 Å². The maximum Gasteiger partial charge on any atom is 0.280 e. The first-order valence-electron chi connectivity index (χ1n) is 13.2. The summed E-state index contributed by atoms with van der Waals surface area (Å²) < 4.78 is 0. The summed E-state index contributed by atoms with van der Waals surface area (Å²) in [7, 11) is 2.01. The molecular formula is C29H35N5O3S. The summed E-state index contributed by atoms with van der Waals surface area (Å²) in [6.45, 7) is 8.50. The van der Waals surface area contributed by atoms with Gasteiger partial charge in [-0.15, -0.1) is 0 Å². The summed E-state index contributed by atoms with van der Waals surface area (Å²) in [4.78, 5) is 49.8. The number of likely N-dealkylation sites (N-methyl/N-ethyl adjacent to an activating group) is 1. The number of aromatic nitrogens is 2. The Morgan fingerprint density at radius 1 is 1.18 bits per heavy atom. The quantitative estimate of drug-likeness (QED) is 0.446. The van der Waals surface area contributed by atoms with E-state index < -0.39 is 6.04 Å². The zero-order chi connectivity index (χ0) is 27.0. The van der Waals surface area contributed by atoms with Crippen molar-refractivity contribution in [2.75, 3.05) is 20.1 Å². The van der Waals surface area contributed by atoms with Crippen molar-refractivity contribution in [3.63, 3.8) is 0 Å². The Morgan fingerprint density at radius 2 is 1.97 bits per heavy atom. The van der Waals surface area contributed by atoms with E-state index in [9.17, 15) is 14.4 Å². The maximum atomic E-state index is 13.2. The van der Waals surface area contributed by atoms with Crippen LogP contribution in [0.15, 0.2) is 30.3 Å². The SMILES string of the molecule is CN1CC(NC(=O)c2cccc(C(CC=O)NC(=O)c3nc4cc5c(nc4s3)CC[C@H](C(C)(C)C)C5)c2)C1. The number of benzene rings is 1. The van der Waals surface area contributed by atoms with Gasteiger partial charge in [0.15, 0.2) is 5.01 Å². The predicted molar refractivity (Wildman–Crippen MR) is 148 cm³/mol. The molecule has 2 N–H and O–H groups in total. The van der Waals surface area contributed by atoms with Crippen molar-refractivity contribution < 1.29 is 14.4 Å². The van der Waals surface area contributed by atoms with Gasteiger partial charge in [0.1, 0.15) is 16.6 Å². The van der Waals surface area contributed by atoms with E-state index in [1.165, 1.54) is 16.9 Å². The van der Waals surface area contributed by atoms with E-state index >= 15 is 0 Å². The normalized spacial score (nSPS) is 18.9. The largest absolute Gasteiger partial charge is 0.347 e. The summed E-state index contributed by atoms with van der Waals surface area (Å²) >= 11 is 1.27. The van der Waals surface area contributed by atoms with Crippen molar-refractivity contribution in [1.29, 1.82) is 0 Å². The van der Waals surface area contributed by atoms with Gasteiger partial charge in [-0.1, -0.05) is 44.2 Å². The zero-order valence-electron chi connectivity index (χ0n) is 22.4. The number of carbonyl (C=O) groups is 3. The molecule has 0 saturated carbocycles. The fraction of sp³-hybridized carbons (Fsp3) is 0.483. The van der Waals surface area contributed by atoms with Gasteiger partial charge in [-0.2, -0.15) is 0 Å². The molecule has 1 aromatic carbocycles. The van der Waals surface area contributed by atoms with Crippen molar-refractivity contribution in [2.24, 2.45) is 11.3 Å². The lowest BCUT2D eigenvalue weighted by Crippen LogP contribution is -2.57. The van der Waals surface area contributed by atoms with Gasteiger partial charge in [0.25, 0.3) is 11.8 Å². The Hall–Kier alpha value is -3.17. The van der Waals surface area contributed by atoms with Crippen molar-refractivity contribution in [2.45, 2.75) is 58.5 Å². The van der Waals surface area contributed by atoms with E-state index in [0.717, 1.165) is 54.7 Å². The van der Waals surface area contributed by atoms with Crippen molar-refractivity contribution in [3.8, 4) is 0 Å². The van der Waals surface area contributed by atoms with Crippen LogP contribution in [-0.4, -0.2) is 59.1 Å². The molecule has 0 radical (unpaired) electrons. The number of aldehydes is 1. The third-order valence-corrected chi connectivity index (χ3v) is 8.72. The molecule has 1 unspecified atom stereocenters. The van der Waals surface area contributed by atoms with Crippen LogP contribution in [0.5, 0.6) is 0 Å². The van der Waals surface area contributed by atoms with Crippen LogP contribution in [0.2, 0.25) is 0 Å². The van der Waals surface area contributed by atoms with Crippen LogP contribution in [0.25, 0.3) is 10.3 Å². The van der Waals surface area contributed by atoms with E-state index in [2.05, 4.69) is 47.4 Å². The second-order valence-electron chi connectivity index (χ2n) is 11.7. The second-order valence-corrected chi connectivity index (χ2v) is 12.7. The van der Waals surface area contributed by atoms with Crippen LogP contribution in [0.4, 0.5) is 0 Å². The molecule has 0 spiro atoms. The molecule has 5 rings (SSSR count). The predicted octanol–water partition coefficient (Wildman–Crippen LogP) is 3.95. The van der Waals surface area contributed by atoms with Gasteiger partial charge in [-0.3, -0.25) is 9.59 Å². The number of rotatable bonds is 7. The van der Waals surface area contributed by atoms with Gasteiger partial charge in [-0.25, -0.2) is 9.97 Å². The number of amides is 2. The molecule has 200 valence electrons. The number of nitrogens with one attached hydrogen (secondary N) is 2. The van der Waals surface area contributed by atoms with Crippen LogP contribution in [0.1, 0.15) is 76.6 Å². The molecule has 1 aliphatic heterocycles. The van der Waals surface area contributed by atoms with Gasteiger partial charge in [-0.05, 0) is 67.0 Å². The lowest BCUT2D eigenvalue weighted by molar-refractivity contribution is -0.108. The number of pyridine rings is 1. The minimum Gasteiger partial charge on any atom is -0.347 e. The van der Waals surface area contributed by atoms with Crippen molar-refractivity contribution in [1.82, 2.24) is 25.5 Å². The topological polar surface area (TPSA) is 104 Å². The Bertz CT molecular complexity index is 1370. The summed E-state index contributed by atoms with van der Waals surface area (Å²) in [5, 5.41) is 6.30. The number of nitrogens with zero attached hydrogens (tertiary/aromatic N) is 3. The Labute approximate surface area is 227 Å². The fourth-order valence-corrected chi connectivity index (χ4v) is 6.24. The molecule has 1 saturated heterocycles. The number of thiazole rings is 1. The van der Waals surface area contributed by atoms with E-state index in [1.54, 1.807) is 18.2 Å². The third kappa shape index (κ3) is 5.63. The molecule has 3 aromatic rings. The molecule has 2 atom stereocenters. The molecule has 2 aliphatic rings. The minimum atomic E-state index is -0.566. The highest BCUT2D eigenvalue weighted by molar-refractivity contribution is 7.19. The van der Waals surface area contributed by atoms with Crippen LogP contribution in [0.3, 0.4) is 0 Å². The number of hydrogen-bond donors (Lipinski definition) is 2. The molecule has 38 heavy (non-hydrogen) atoms. The summed E-state index contributed by atoms with van der Waals surface area (Å²) in [5.41, 5.74) is 4.51. The number of fused-ring (bicyclic) bond motifs is 2. The number of aryl methyl sites for hydroxylation is 1. The third-order valence-electron chi connectivity index (χ3n) is 7.76. The molecule has 0 bridgehead atoms. The summed E-state index contributed by atoms with van der Waals surface area (Å²) in [6.07, 6.45) is 3.90. The monoisotopic (exact) mass is 533 g/mol. The maximum absolute atomic E-state index is 13.2. The van der Waals surface area contributed by atoms with E-state index in [4.69, 9.17) is 4.98 Å². The Morgan fingerprint density at radius 3 is 2.68 bits per heavy atom. The molecular weight excluding hydrogens is 498 g/mol. The Balaban J connectivity index is 1.32. The first-order valence-corrected chi connectivity index (χ1v) is 14.1. The van der Waals surface area contributed by atoms with Crippen LogP contribution in [-0.2, 0) is 17.6 Å². The highest BCUT2D eigenvalue weighted by Gasteiger charge is 2.30. The van der Waals surface area contributed by atoms with Crippen LogP contribution in [0, 0.1) is 11.3 Å². The molecule has 9 heteroatoms. The standard InChI is InChI=1S/C29H35N5O3S/c1-29(2,3)20-8-9-22-19(13-20)14-24-27(32-22)38-28(33-24)26(37)31-23(10-11-35)17-6-5-7-18(12-17)25(36)30-21-15-34(4)16-21/h5-7,11-12,14,20-21,23H,8-10,13,15-16H2,1-4H3,(H,30,36)(H,31,37)/t20-,23?/m0/s1. The fourth-order valence-electron chi connectivity index (χ4n) is 5.40. The first kappa shape index (κ1) is 26.4. The molecule has 2 amide bonds. The van der Waals surface area contributed by atoms with E-state index in [1.807, 2.05) is 13.1 Å².